The highest BCUT2D eigenvalue weighted by molar-refractivity contribution is 6.35. The predicted octanol–water partition coefficient (Wildman–Crippen LogP) is 5.49. The highest BCUT2D eigenvalue weighted by Gasteiger charge is 2.20. The normalized spacial score (nSPS) is 14.5. The highest BCUT2D eigenvalue weighted by Crippen LogP contribution is 2.24. The number of halogens is 2. The van der Waals surface area contributed by atoms with Gasteiger partial charge in [-0.3, -0.25) is 4.79 Å². The Kier molecular flexibility index (Phi) is 6.97. The number of nitriles is 1. The number of piperidine rings is 1. The van der Waals surface area contributed by atoms with Crippen molar-refractivity contribution >= 4 is 35.2 Å². The smallest absolute Gasteiger partial charge is 0.264 e. The lowest BCUT2D eigenvalue weighted by molar-refractivity contribution is -0.127. The molecule has 0 bridgehead atoms. The summed E-state index contributed by atoms with van der Waals surface area (Å²) in [5.74, 6) is 0.420. The SMILES string of the molecule is N#C/C(=C/c1cccc(OCc2ccc(Cl)cc2Cl)c1)C(=O)N1CCCCC1. The Morgan fingerprint density at radius 2 is 1.93 bits per heavy atom. The molecule has 1 saturated heterocycles. The van der Waals surface area contributed by atoms with Gasteiger partial charge in [-0.25, -0.2) is 0 Å². The maximum atomic E-state index is 12.6. The Morgan fingerprint density at radius 1 is 1.14 bits per heavy atom. The van der Waals surface area contributed by atoms with Crippen LogP contribution in [0.5, 0.6) is 5.75 Å². The molecule has 0 aliphatic carbocycles. The summed E-state index contributed by atoms with van der Waals surface area (Å²) in [6, 6.07) is 14.6. The van der Waals surface area contributed by atoms with Crippen LogP contribution < -0.4 is 4.74 Å². The van der Waals surface area contributed by atoms with Crippen molar-refractivity contribution in [3.05, 3.63) is 69.2 Å². The summed E-state index contributed by atoms with van der Waals surface area (Å²) in [6.07, 6.45) is 4.72. The first-order valence-corrected chi connectivity index (χ1v) is 9.90. The predicted molar refractivity (Wildman–Crippen MR) is 111 cm³/mol. The largest absolute Gasteiger partial charge is 0.489 e. The van der Waals surface area contributed by atoms with Crippen LogP contribution >= 0.6 is 23.2 Å². The molecule has 28 heavy (non-hydrogen) atoms. The average molecular weight is 415 g/mol. The highest BCUT2D eigenvalue weighted by atomic mass is 35.5. The second-order valence-corrected chi connectivity index (χ2v) is 7.46. The molecule has 3 rings (SSSR count). The Labute approximate surface area is 174 Å². The number of hydrogen-bond acceptors (Lipinski definition) is 3. The Hall–Kier alpha value is -2.48. The third-order valence-electron chi connectivity index (χ3n) is 4.57. The molecule has 1 amide bonds. The van der Waals surface area contributed by atoms with Crippen molar-refractivity contribution in [1.82, 2.24) is 4.90 Å². The minimum absolute atomic E-state index is 0.139. The van der Waals surface area contributed by atoms with E-state index in [1.54, 1.807) is 29.2 Å². The monoisotopic (exact) mass is 414 g/mol. The van der Waals surface area contributed by atoms with Gasteiger partial charge in [0.15, 0.2) is 0 Å². The van der Waals surface area contributed by atoms with Gasteiger partial charge in [0.2, 0.25) is 0 Å². The molecule has 0 radical (unpaired) electrons. The van der Waals surface area contributed by atoms with Gasteiger partial charge in [-0.05, 0) is 55.2 Å². The standard InChI is InChI=1S/C22H20Cl2N2O2/c23-19-8-7-17(21(24)13-19)15-28-20-6-4-5-16(12-20)11-18(14-25)22(27)26-9-2-1-3-10-26/h4-8,11-13H,1-3,9-10,15H2/b18-11-. The lowest BCUT2D eigenvalue weighted by atomic mass is 10.1. The molecule has 0 atom stereocenters. The third-order valence-corrected chi connectivity index (χ3v) is 5.16. The number of likely N-dealkylation sites (tertiary alicyclic amines) is 1. The zero-order chi connectivity index (χ0) is 19.9. The van der Waals surface area contributed by atoms with Crippen LogP contribution in [-0.2, 0) is 11.4 Å². The molecule has 144 valence electrons. The van der Waals surface area contributed by atoms with E-state index in [0.717, 1.165) is 30.4 Å². The van der Waals surface area contributed by atoms with Crippen LogP contribution in [0.3, 0.4) is 0 Å². The lowest BCUT2D eigenvalue weighted by Gasteiger charge is -2.26. The Morgan fingerprint density at radius 3 is 2.64 bits per heavy atom. The summed E-state index contributed by atoms with van der Waals surface area (Å²) >= 11 is 12.1. The first kappa shape index (κ1) is 20.3. The van der Waals surface area contributed by atoms with Crippen molar-refractivity contribution < 1.29 is 9.53 Å². The van der Waals surface area contributed by atoms with Crippen molar-refractivity contribution in [3.63, 3.8) is 0 Å². The van der Waals surface area contributed by atoms with Crippen molar-refractivity contribution in [2.24, 2.45) is 0 Å². The molecule has 4 nitrogen and oxygen atoms in total. The fourth-order valence-corrected chi connectivity index (χ4v) is 3.53. The van der Waals surface area contributed by atoms with Gasteiger partial charge in [0.25, 0.3) is 5.91 Å². The number of hydrogen-bond donors (Lipinski definition) is 0. The molecule has 2 aromatic carbocycles. The summed E-state index contributed by atoms with van der Waals surface area (Å²) in [6.45, 7) is 1.71. The zero-order valence-corrected chi connectivity index (χ0v) is 16.8. The van der Waals surface area contributed by atoms with E-state index >= 15 is 0 Å². The van der Waals surface area contributed by atoms with Gasteiger partial charge < -0.3 is 9.64 Å². The number of carbonyl (C=O) groups is 1. The van der Waals surface area contributed by atoms with Crippen LogP contribution in [-0.4, -0.2) is 23.9 Å². The lowest BCUT2D eigenvalue weighted by Crippen LogP contribution is -2.36. The molecule has 6 heteroatoms. The summed E-state index contributed by atoms with van der Waals surface area (Å²) in [5.41, 5.74) is 1.70. The van der Waals surface area contributed by atoms with Gasteiger partial charge >= 0.3 is 0 Å². The van der Waals surface area contributed by atoms with E-state index in [1.807, 2.05) is 30.3 Å². The molecule has 0 unspecified atom stereocenters. The molecule has 0 N–H and O–H groups in total. The average Bonchev–Trinajstić information content (AvgIpc) is 2.72. The van der Waals surface area contributed by atoms with Crippen LogP contribution in [0.15, 0.2) is 48.0 Å². The van der Waals surface area contributed by atoms with Gasteiger partial charge in [0.05, 0.1) is 0 Å². The fourth-order valence-electron chi connectivity index (χ4n) is 3.07. The van der Waals surface area contributed by atoms with Gasteiger partial charge in [-0.15, -0.1) is 0 Å². The molecular weight excluding hydrogens is 395 g/mol. The van der Waals surface area contributed by atoms with Gasteiger partial charge in [0, 0.05) is 28.7 Å². The molecule has 0 aromatic heterocycles. The van der Waals surface area contributed by atoms with Crippen LogP contribution in [0, 0.1) is 11.3 Å². The summed E-state index contributed by atoms with van der Waals surface area (Å²) in [4.78, 5) is 14.3. The van der Waals surface area contributed by atoms with Crippen molar-refractivity contribution in [1.29, 1.82) is 5.26 Å². The molecule has 0 spiro atoms. The van der Waals surface area contributed by atoms with Crippen LogP contribution in [0.2, 0.25) is 10.0 Å². The zero-order valence-electron chi connectivity index (χ0n) is 15.3. The molecule has 1 fully saturated rings. The Balaban J connectivity index is 1.71. The minimum atomic E-state index is -0.207. The number of benzene rings is 2. The quantitative estimate of drug-likeness (QED) is 0.479. The van der Waals surface area contributed by atoms with Crippen LogP contribution in [0.25, 0.3) is 6.08 Å². The molecule has 1 aliphatic heterocycles. The van der Waals surface area contributed by atoms with E-state index in [1.165, 1.54) is 0 Å². The van der Waals surface area contributed by atoms with E-state index in [2.05, 4.69) is 0 Å². The number of rotatable bonds is 5. The number of carbonyl (C=O) groups excluding carboxylic acids is 1. The van der Waals surface area contributed by atoms with Crippen molar-refractivity contribution in [2.75, 3.05) is 13.1 Å². The topological polar surface area (TPSA) is 53.3 Å². The summed E-state index contributed by atoms with van der Waals surface area (Å²) in [5, 5.41) is 10.6. The molecule has 2 aromatic rings. The molecule has 1 heterocycles. The minimum Gasteiger partial charge on any atom is -0.489 e. The maximum absolute atomic E-state index is 12.6. The van der Waals surface area contributed by atoms with Crippen LogP contribution in [0.4, 0.5) is 0 Å². The van der Waals surface area contributed by atoms with Crippen molar-refractivity contribution in [3.8, 4) is 11.8 Å². The maximum Gasteiger partial charge on any atom is 0.264 e. The number of ether oxygens (including phenoxy) is 1. The van der Waals surface area contributed by atoms with Gasteiger partial charge in [0.1, 0.15) is 24.0 Å². The fraction of sp³-hybridized carbons (Fsp3) is 0.273. The van der Waals surface area contributed by atoms with Gasteiger partial charge in [-0.1, -0.05) is 41.4 Å². The number of nitrogens with zero attached hydrogens (tertiary/aromatic N) is 2. The first-order valence-electron chi connectivity index (χ1n) is 9.14. The Bertz CT molecular complexity index is 928. The van der Waals surface area contributed by atoms with E-state index < -0.39 is 0 Å². The van der Waals surface area contributed by atoms with Crippen LogP contribution in [0.1, 0.15) is 30.4 Å². The van der Waals surface area contributed by atoms with E-state index in [-0.39, 0.29) is 11.5 Å². The molecule has 1 aliphatic rings. The van der Waals surface area contributed by atoms with E-state index in [4.69, 9.17) is 27.9 Å². The molecular formula is C22H20Cl2N2O2. The third kappa shape index (κ3) is 5.28. The second-order valence-electron chi connectivity index (χ2n) is 6.62. The summed E-state index contributed by atoms with van der Waals surface area (Å²) in [7, 11) is 0. The first-order chi connectivity index (χ1) is 13.6. The van der Waals surface area contributed by atoms with Gasteiger partial charge in [-0.2, -0.15) is 5.26 Å². The van der Waals surface area contributed by atoms with E-state index in [0.29, 0.717) is 35.5 Å². The number of amides is 1. The van der Waals surface area contributed by atoms with Crippen molar-refractivity contribution in [2.45, 2.75) is 25.9 Å². The second kappa shape index (κ2) is 9.64. The molecule has 0 saturated carbocycles. The van der Waals surface area contributed by atoms with E-state index in [9.17, 15) is 10.1 Å². The summed E-state index contributed by atoms with van der Waals surface area (Å²) < 4.78 is 5.81.